The van der Waals surface area contributed by atoms with Crippen molar-refractivity contribution < 1.29 is 35.5 Å². The van der Waals surface area contributed by atoms with Crippen LogP contribution < -0.4 is 15.5 Å². The Morgan fingerprint density at radius 1 is 0.938 bits per heavy atom. The molecule has 3 rings (SSSR count). The Labute approximate surface area is 175 Å². The van der Waals surface area contributed by atoms with E-state index in [4.69, 9.17) is 0 Å². The lowest BCUT2D eigenvalue weighted by molar-refractivity contribution is -0.274. The number of nitrogens with one attached hydrogen (secondary N) is 2. The third kappa shape index (κ3) is 6.55. The molecule has 1 heterocycles. The van der Waals surface area contributed by atoms with Gasteiger partial charge in [-0.3, -0.25) is 0 Å². The fourth-order valence-electron chi connectivity index (χ4n) is 2.37. The van der Waals surface area contributed by atoms with Crippen LogP contribution in [-0.4, -0.2) is 22.5 Å². The SMILES string of the molecule is Fc1ccc(Nc2ccnc(N/N=C/c3ccc(OC(F)(F)F)cc3)n2)cc1C(F)(F)F. The first-order valence-electron chi connectivity index (χ1n) is 8.61. The maximum absolute atomic E-state index is 13.4. The quantitative estimate of drug-likeness (QED) is 0.280. The van der Waals surface area contributed by atoms with Crippen LogP contribution in [0.5, 0.6) is 5.75 Å². The van der Waals surface area contributed by atoms with E-state index in [0.717, 1.165) is 18.2 Å². The number of alkyl halides is 6. The van der Waals surface area contributed by atoms with Crippen LogP contribution >= 0.6 is 0 Å². The molecular formula is C19H12F7N5O. The summed E-state index contributed by atoms with van der Waals surface area (Å²) in [5.41, 5.74) is 1.44. The van der Waals surface area contributed by atoms with E-state index in [9.17, 15) is 30.7 Å². The van der Waals surface area contributed by atoms with Crippen molar-refractivity contribution in [3.05, 3.63) is 71.7 Å². The topological polar surface area (TPSA) is 71.4 Å². The van der Waals surface area contributed by atoms with Crippen LogP contribution in [0.15, 0.2) is 59.8 Å². The maximum Gasteiger partial charge on any atom is 0.573 e. The second-order valence-corrected chi connectivity index (χ2v) is 6.07. The van der Waals surface area contributed by atoms with Gasteiger partial charge in [-0.15, -0.1) is 13.2 Å². The third-order valence-electron chi connectivity index (χ3n) is 3.69. The Hall–Kier alpha value is -3.90. The zero-order valence-electron chi connectivity index (χ0n) is 15.7. The molecule has 0 unspecified atom stereocenters. The van der Waals surface area contributed by atoms with Crippen LogP contribution in [0.4, 0.5) is 48.2 Å². The van der Waals surface area contributed by atoms with Crippen LogP contribution in [0, 0.1) is 5.82 Å². The molecule has 0 aliphatic heterocycles. The van der Waals surface area contributed by atoms with Gasteiger partial charge >= 0.3 is 12.5 Å². The Morgan fingerprint density at radius 3 is 2.31 bits per heavy atom. The average molecular weight is 459 g/mol. The number of anilines is 3. The first-order valence-corrected chi connectivity index (χ1v) is 8.61. The Kier molecular flexibility index (Phi) is 6.46. The molecule has 13 heteroatoms. The molecule has 1 aromatic heterocycles. The van der Waals surface area contributed by atoms with Gasteiger partial charge in [-0.05, 0) is 54.1 Å². The molecule has 0 aliphatic carbocycles. The molecule has 0 bridgehead atoms. The summed E-state index contributed by atoms with van der Waals surface area (Å²) >= 11 is 0. The van der Waals surface area contributed by atoms with E-state index in [1.165, 1.54) is 30.6 Å². The molecule has 0 fully saturated rings. The van der Waals surface area contributed by atoms with Crippen molar-refractivity contribution in [1.82, 2.24) is 9.97 Å². The van der Waals surface area contributed by atoms with Gasteiger partial charge in [-0.1, -0.05) is 0 Å². The van der Waals surface area contributed by atoms with Gasteiger partial charge in [0.25, 0.3) is 0 Å². The lowest BCUT2D eigenvalue weighted by Crippen LogP contribution is -2.17. The smallest absolute Gasteiger partial charge is 0.406 e. The fourth-order valence-corrected chi connectivity index (χ4v) is 2.37. The van der Waals surface area contributed by atoms with E-state index < -0.39 is 23.9 Å². The molecule has 2 N–H and O–H groups in total. The van der Waals surface area contributed by atoms with E-state index >= 15 is 0 Å². The molecule has 0 atom stereocenters. The summed E-state index contributed by atoms with van der Waals surface area (Å²) in [5.74, 6) is -1.72. The number of benzene rings is 2. The minimum absolute atomic E-state index is 0.0265. The molecule has 0 saturated heterocycles. The predicted octanol–water partition coefficient (Wildman–Crippen LogP) is 5.72. The highest BCUT2D eigenvalue weighted by molar-refractivity contribution is 5.80. The van der Waals surface area contributed by atoms with Crippen molar-refractivity contribution in [2.75, 3.05) is 10.7 Å². The van der Waals surface area contributed by atoms with Gasteiger partial charge in [0.15, 0.2) is 0 Å². The summed E-state index contributed by atoms with van der Waals surface area (Å²) in [6.45, 7) is 0. The second-order valence-electron chi connectivity index (χ2n) is 6.07. The summed E-state index contributed by atoms with van der Waals surface area (Å²) in [4.78, 5) is 7.88. The molecule has 32 heavy (non-hydrogen) atoms. The van der Waals surface area contributed by atoms with E-state index in [0.29, 0.717) is 17.7 Å². The van der Waals surface area contributed by atoms with E-state index in [1.54, 1.807) is 0 Å². The maximum atomic E-state index is 13.4. The van der Waals surface area contributed by atoms with E-state index in [2.05, 4.69) is 30.5 Å². The molecule has 0 radical (unpaired) electrons. The number of aromatic nitrogens is 2. The average Bonchev–Trinajstić information content (AvgIpc) is 2.69. The standard InChI is InChI=1S/C19H12F7N5O/c20-15-6-3-12(9-14(15)18(21,22)23)29-16-7-8-27-17(30-16)31-28-10-11-1-4-13(5-2-11)32-19(24,25)26/h1-10H,(H2,27,29,30,31)/b28-10+. The van der Waals surface area contributed by atoms with Gasteiger partial charge in [0.2, 0.25) is 5.95 Å². The predicted molar refractivity (Wildman–Crippen MR) is 101 cm³/mol. The van der Waals surface area contributed by atoms with Gasteiger partial charge in [-0.25, -0.2) is 14.8 Å². The van der Waals surface area contributed by atoms with Crippen LogP contribution in [0.3, 0.4) is 0 Å². The number of hydrogen-bond acceptors (Lipinski definition) is 6. The number of hydrogen-bond donors (Lipinski definition) is 2. The number of nitrogens with zero attached hydrogens (tertiary/aromatic N) is 3. The number of rotatable bonds is 6. The van der Waals surface area contributed by atoms with Gasteiger partial charge in [-0.2, -0.15) is 23.3 Å². The summed E-state index contributed by atoms with van der Waals surface area (Å²) in [6, 6.07) is 8.64. The Morgan fingerprint density at radius 2 is 1.66 bits per heavy atom. The summed E-state index contributed by atoms with van der Waals surface area (Å²) < 4.78 is 92.1. The third-order valence-corrected chi connectivity index (χ3v) is 3.69. The highest BCUT2D eigenvalue weighted by atomic mass is 19.4. The molecule has 2 aromatic carbocycles. The summed E-state index contributed by atoms with van der Waals surface area (Å²) in [7, 11) is 0. The summed E-state index contributed by atoms with van der Waals surface area (Å²) in [5, 5.41) is 6.43. The molecule has 6 nitrogen and oxygen atoms in total. The molecular weight excluding hydrogens is 447 g/mol. The lowest BCUT2D eigenvalue weighted by Gasteiger charge is -2.11. The van der Waals surface area contributed by atoms with Crippen LogP contribution in [0.25, 0.3) is 0 Å². The molecule has 3 aromatic rings. The minimum Gasteiger partial charge on any atom is -0.406 e. The van der Waals surface area contributed by atoms with Crippen molar-refractivity contribution in [2.45, 2.75) is 12.5 Å². The normalized spacial score (nSPS) is 12.1. The first kappa shape index (κ1) is 22.8. The Bertz CT molecular complexity index is 1100. The van der Waals surface area contributed by atoms with E-state index in [-0.39, 0.29) is 23.2 Å². The zero-order chi connectivity index (χ0) is 23.4. The number of halogens is 7. The highest BCUT2D eigenvalue weighted by Crippen LogP contribution is 2.33. The minimum atomic E-state index is -4.86. The van der Waals surface area contributed by atoms with Crippen molar-refractivity contribution in [1.29, 1.82) is 0 Å². The molecule has 0 saturated carbocycles. The van der Waals surface area contributed by atoms with Crippen molar-refractivity contribution in [3.8, 4) is 5.75 Å². The highest BCUT2D eigenvalue weighted by Gasteiger charge is 2.34. The van der Waals surface area contributed by atoms with E-state index in [1.807, 2.05) is 0 Å². The van der Waals surface area contributed by atoms with Crippen molar-refractivity contribution >= 4 is 23.7 Å². The lowest BCUT2D eigenvalue weighted by atomic mass is 10.2. The molecule has 168 valence electrons. The number of hydrazone groups is 1. The largest absolute Gasteiger partial charge is 0.573 e. The molecule has 0 amide bonds. The van der Waals surface area contributed by atoms with Gasteiger partial charge in [0.1, 0.15) is 17.4 Å². The molecule has 0 aliphatic rings. The fraction of sp³-hybridized carbons (Fsp3) is 0.105. The van der Waals surface area contributed by atoms with Gasteiger partial charge < -0.3 is 10.1 Å². The van der Waals surface area contributed by atoms with Crippen LogP contribution in [-0.2, 0) is 6.18 Å². The van der Waals surface area contributed by atoms with Gasteiger partial charge in [0.05, 0.1) is 11.8 Å². The first-order chi connectivity index (χ1) is 15.0. The Balaban J connectivity index is 1.64. The molecule has 0 spiro atoms. The summed E-state index contributed by atoms with van der Waals surface area (Å²) in [6.07, 6.45) is -7.08. The number of ether oxygens (including phenoxy) is 1. The van der Waals surface area contributed by atoms with Crippen LogP contribution in [0.2, 0.25) is 0 Å². The van der Waals surface area contributed by atoms with Gasteiger partial charge in [0, 0.05) is 11.9 Å². The monoisotopic (exact) mass is 459 g/mol. The van der Waals surface area contributed by atoms with Crippen molar-refractivity contribution in [3.63, 3.8) is 0 Å². The van der Waals surface area contributed by atoms with Crippen LogP contribution in [0.1, 0.15) is 11.1 Å². The second kappa shape index (κ2) is 9.08. The van der Waals surface area contributed by atoms with Crippen molar-refractivity contribution in [2.24, 2.45) is 5.10 Å². The zero-order valence-corrected chi connectivity index (χ0v) is 15.7.